The van der Waals surface area contributed by atoms with Crippen LogP contribution in [0, 0.1) is 13.8 Å². The van der Waals surface area contributed by atoms with Crippen molar-refractivity contribution in [2.75, 3.05) is 0 Å². The Labute approximate surface area is 182 Å². The molecule has 1 saturated carbocycles. The molecule has 1 amide bonds. The summed E-state index contributed by atoms with van der Waals surface area (Å²) in [5, 5.41) is 12.9. The van der Waals surface area contributed by atoms with Gasteiger partial charge in [-0.15, -0.1) is 0 Å². The van der Waals surface area contributed by atoms with Crippen LogP contribution in [0.3, 0.4) is 0 Å². The van der Waals surface area contributed by atoms with E-state index in [-0.39, 0.29) is 17.5 Å². The third-order valence-corrected chi connectivity index (χ3v) is 6.33. The molecule has 1 atom stereocenters. The van der Waals surface area contributed by atoms with Crippen LogP contribution in [-0.4, -0.2) is 31.5 Å². The molecule has 3 aromatic rings. The van der Waals surface area contributed by atoms with E-state index >= 15 is 0 Å². The Morgan fingerprint density at radius 3 is 2.42 bits per heavy atom. The van der Waals surface area contributed by atoms with Crippen LogP contribution in [0.4, 0.5) is 0 Å². The van der Waals surface area contributed by atoms with Crippen molar-refractivity contribution in [3.8, 4) is 5.69 Å². The number of hydrogen-bond acceptors (Lipinski definition) is 4. The molecule has 1 N–H and O–H groups in total. The Morgan fingerprint density at radius 2 is 1.77 bits per heavy atom. The molecule has 0 radical (unpaired) electrons. The molecule has 0 unspecified atom stereocenters. The zero-order chi connectivity index (χ0) is 22.0. The summed E-state index contributed by atoms with van der Waals surface area (Å²) >= 11 is 0. The average Bonchev–Trinajstić information content (AvgIpc) is 2.93. The van der Waals surface area contributed by atoms with Crippen molar-refractivity contribution in [2.24, 2.45) is 0 Å². The first-order valence-electron chi connectivity index (χ1n) is 11.4. The van der Waals surface area contributed by atoms with Gasteiger partial charge in [0.15, 0.2) is 0 Å². The van der Waals surface area contributed by atoms with E-state index in [0.717, 1.165) is 37.1 Å². The maximum absolute atomic E-state index is 13.5. The SMILES string of the molecule is CC[C@H](C(=O)NC1CCCCCC1)n1nc(C)c2nn(-c3ccccc3)c(C)c2c1=O. The van der Waals surface area contributed by atoms with E-state index in [9.17, 15) is 9.59 Å². The fourth-order valence-electron chi connectivity index (χ4n) is 4.60. The topological polar surface area (TPSA) is 81.8 Å². The van der Waals surface area contributed by atoms with Crippen LogP contribution in [0.25, 0.3) is 16.6 Å². The normalized spacial score (nSPS) is 16.2. The minimum Gasteiger partial charge on any atom is -0.352 e. The van der Waals surface area contributed by atoms with E-state index in [1.165, 1.54) is 17.5 Å². The number of aryl methyl sites for hydroxylation is 2. The summed E-state index contributed by atoms with van der Waals surface area (Å²) in [5.74, 6) is -0.115. The van der Waals surface area contributed by atoms with Gasteiger partial charge in [-0.1, -0.05) is 50.8 Å². The molecule has 1 aromatic carbocycles. The smallest absolute Gasteiger partial charge is 0.278 e. The molecule has 0 saturated heterocycles. The van der Waals surface area contributed by atoms with E-state index in [4.69, 9.17) is 0 Å². The number of para-hydroxylation sites is 1. The van der Waals surface area contributed by atoms with Crippen LogP contribution in [0.15, 0.2) is 35.1 Å². The number of nitrogens with zero attached hydrogens (tertiary/aromatic N) is 4. The quantitative estimate of drug-likeness (QED) is 0.632. The molecule has 4 rings (SSSR count). The number of rotatable bonds is 5. The van der Waals surface area contributed by atoms with Crippen molar-refractivity contribution < 1.29 is 4.79 Å². The first-order chi connectivity index (χ1) is 15.0. The maximum Gasteiger partial charge on any atom is 0.278 e. The highest BCUT2D eigenvalue weighted by Gasteiger charge is 2.27. The minimum atomic E-state index is -0.627. The summed E-state index contributed by atoms with van der Waals surface area (Å²) in [5.41, 5.74) is 2.61. The Hall–Kier alpha value is -2.96. The van der Waals surface area contributed by atoms with E-state index in [1.54, 1.807) is 4.68 Å². The monoisotopic (exact) mass is 421 g/mol. The molecule has 164 valence electrons. The summed E-state index contributed by atoms with van der Waals surface area (Å²) in [6.07, 6.45) is 7.25. The predicted octanol–water partition coefficient (Wildman–Crippen LogP) is 3.99. The van der Waals surface area contributed by atoms with E-state index < -0.39 is 6.04 Å². The van der Waals surface area contributed by atoms with Gasteiger partial charge in [0.25, 0.3) is 5.56 Å². The molecule has 0 aliphatic heterocycles. The van der Waals surface area contributed by atoms with Crippen molar-refractivity contribution >= 4 is 16.8 Å². The van der Waals surface area contributed by atoms with Crippen LogP contribution in [0.2, 0.25) is 0 Å². The van der Waals surface area contributed by atoms with Crippen LogP contribution in [0.1, 0.15) is 69.3 Å². The van der Waals surface area contributed by atoms with Gasteiger partial charge in [-0.3, -0.25) is 9.59 Å². The van der Waals surface area contributed by atoms with Gasteiger partial charge in [0.05, 0.1) is 22.5 Å². The second kappa shape index (κ2) is 9.04. The van der Waals surface area contributed by atoms with Gasteiger partial charge < -0.3 is 5.32 Å². The highest BCUT2D eigenvalue weighted by atomic mass is 16.2. The first kappa shape index (κ1) is 21.3. The van der Waals surface area contributed by atoms with E-state index in [1.807, 2.05) is 51.1 Å². The van der Waals surface area contributed by atoms with E-state index in [2.05, 4.69) is 15.5 Å². The van der Waals surface area contributed by atoms with Crippen LogP contribution >= 0.6 is 0 Å². The Bertz CT molecular complexity index is 1120. The van der Waals surface area contributed by atoms with Gasteiger partial charge in [-0.05, 0) is 45.2 Å². The van der Waals surface area contributed by atoms with Crippen LogP contribution in [-0.2, 0) is 4.79 Å². The molecule has 0 spiro atoms. The average molecular weight is 422 g/mol. The fourth-order valence-corrected chi connectivity index (χ4v) is 4.60. The largest absolute Gasteiger partial charge is 0.352 e. The van der Waals surface area contributed by atoms with Crippen molar-refractivity contribution in [2.45, 2.75) is 77.8 Å². The Morgan fingerprint density at radius 1 is 1.10 bits per heavy atom. The molecular weight excluding hydrogens is 390 g/mol. The van der Waals surface area contributed by atoms with E-state index in [0.29, 0.717) is 23.0 Å². The number of benzene rings is 1. The number of aromatic nitrogens is 4. The number of amides is 1. The second-order valence-electron chi connectivity index (χ2n) is 8.51. The molecule has 0 bridgehead atoms. The summed E-state index contributed by atoms with van der Waals surface area (Å²) in [7, 11) is 0. The van der Waals surface area contributed by atoms with Gasteiger partial charge in [0.2, 0.25) is 5.91 Å². The first-order valence-corrected chi connectivity index (χ1v) is 11.4. The third-order valence-electron chi connectivity index (χ3n) is 6.33. The number of carbonyl (C=O) groups excluding carboxylic acids is 1. The van der Waals surface area contributed by atoms with Gasteiger partial charge in [0, 0.05) is 6.04 Å². The van der Waals surface area contributed by atoms with Crippen molar-refractivity contribution in [1.29, 1.82) is 0 Å². The molecular formula is C24H31N5O2. The maximum atomic E-state index is 13.5. The third kappa shape index (κ3) is 4.13. The summed E-state index contributed by atoms with van der Waals surface area (Å²) < 4.78 is 3.14. The summed E-state index contributed by atoms with van der Waals surface area (Å²) in [6, 6.07) is 9.29. The summed E-state index contributed by atoms with van der Waals surface area (Å²) in [4.78, 5) is 26.6. The fraction of sp³-hybridized carbons (Fsp3) is 0.500. The summed E-state index contributed by atoms with van der Waals surface area (Å²) in [6.45, 7) is 5.65. The lowest BCUT2D eigenvalue weighted by Gasteiger charge is -2.22. The van der Waals surface area contributed by atoms with Gasteiger partial charge >= 0.3 is 0 Å². The Balaban J connectivity index is 1.72. The Kier molecular flexibility index (Phi) is 6.20. The second-order valence-corrected chi connectivity index (χ2v) is 8.51. The van der Waals surface area contributed by atoms with Crippen molar-refractivity contribution in [1.82, 2.24) is 24.9 Å². The molecule has 1 fully saturated rings. The number of fused-ring (bicyclic) bond motifs is 1. The van der Waals surface area contributed by atoms with Crippen LogP contribution < -0.4 is 10.9 Å². The van der Waals surface area contributed by atoms with Gasteiger partial charge in [-0.2, -0.15) is 10.2 Å². The van der Waals surface area contributed by atoms with Crippen LogP contribution in [0.5, 0.6) is 0 Å². The molecule has 1 aliphatic rings. The lowest BCUT2D eigenvalue weighted by Crippen LogP contribution is -2.43. The molecule has 7 nitrogen and oxygen atoms in total. The highest BCUT2D eigenvalue weighted by molar-refractivity contribution is 5.84. The lowest BCUT2D eigenvalue weighted by atomic mass is 10.1. The zero-order valence-corrected chi connectivity index (χ0v) is 18.6. The van der Waals surface area contributed by atoms with Crippen molar-refractivity contribution in [3.05, 3.63) is 52.1 Å². The number of carbonyl (C=O) groups is 1. The molecule has 1 aliphatic carbocycles. The van der Waals surface area contributed by atoms with Crippen molar-refractivity contribution in [3.63, 3.8) is 0 Å². The highest BCUT2D eigenvalue weighted by Crippen LogP contribution is 2.22. The van der Waals surface area contributed by atoms with Gasteiger partial charge in [-0.25, -0.2) is 9.36 Å². The number of nitrogens with one attached hydrogen (secondary N) is 1. The minimum absolute atomic E-state index is 0.115. The zero-order valence-electron chi connectivity index (χ0n) is 18.6. The standard InChI is InChI=1S/C24H31N5O2/c1-4-20(23(30)25-18-12-8-5-6-9-13-18)29-24(31)21-17(3)28(19-14-10-7-11-15-19)27-22(21)16(2)26-29/h7,10-11,14-15,18,20H,4-6,8-9,12-13H2,1-3H3,(H,25,30)/t20-/m1/s1. The molecule has 2 aromatic heterocycles. The molecule has 7 heteroatoms. The molecule has 31 heavy (non-hydrogen) atoms. The lowest BCUT2D eigenvalue weighted by molar-refractivity contribution is -0.125. The number of hydrogen-bond donors (Lipinski definition) is 1. The predicted molar refractivity (Wildman–Crippen MR) is 122 cm³/mol. The molecule has 2 heterocycles. The van der Waals surface area contributed by atoms with Gasteiger partial charge in [0.1, 0.15) is 11.6 Å².